The standard InChI is InChI=1S/C33H44N4O3/c1-22(2)34-31(38)26-11-13-28(14-12-26)37-29-19-24(21-36-17-15-33(4,40)16-18-36)7-10-27(29)20-30(37)35-32(39)25-8-5-23(3)6-9-25/h5-10,19,22,26,28,40H,11-18,20-21H2,1-4H3,(H,34,38). The number of piperidine rings is 1. The summed E-state index contributed by atoms with van der Waals surface area (Å²) in [5.41, 5.74) is 4.73. The van der Waals surface area contributed by atoms with Gasteiger partial charge in [-0.15, -0.1) is 0 Å². The minimum absolute atomic E-state index is 0.0398. The van der Waals surface area contributed by atoms with Crippen LogP contribution >= 0.6 is 0 Å². The van der Waals surface area contributed by atoms with E-state index in [2.05, 4.69) is 38.3 Å². The van der Waals surface area contributed by atoms with E-state index in [4.69, 9.17) is 0 Å². The summed E-state index contributed by atoms with van der Waals surface area (Å²) in [6.07, 6.45) is 5.65. The topological polar surface area (TPSA) is 85.2 Å². The monoisotopic (exact) mass is 544 g/mol. The zero-order valence-corrected chi connectivity index (χ0v) is 24.4. The van der Waals surface area contributed by atoms with Crippen molar-refractivity contribution in [3.8, 4) is 0 Å². The highest BCUT2D eigenvalue weighted by atomic mass is 16.3. The van der Waals surface area contributed by atoms with Gasteiger partial charge in [-0.2, -0.15) is 4.99 Å². The molecule has 0 spiro atoms. The maximum absolute atomic E-state index is 13.2. The number of aliphatic imine (C=N–C) groups is 1. The Morgan fingerprint density at radius 3 is 2.38 bits per heavy atom. The number of nitrogens with zero attached hydrogens (tertiary/aromatic N) is 3. The zero-order chi connectivity index (χ0) is 28.4. The molecule has 3 aliphatic rings. The van der Waals surface area contributed by atoms with Crippen molar-refractivity contribution in [2.75, 3.05) is 18.0 Å². The van der Waals surface area contributed by atoms with Crippen LogP contribution in [0.15, 0.2) is 47.5 Å². The lowest BCUT2D eigenvalue weighted by Crippen LogP contribution is -2.44. The molecule has 2 aliphatic heterocycles. The maximum atomic E-state index is 13.2. The highest BCUT2D eigenvalue weighted by Gasteiger charge is 2.36. The van der Waals surface area contributed by atoms with Crippen LogP contribution in [0.4, 0.5) is 5.69 Å². The molecule has 2 fully saturated rings. The lowest BCUT2D eigenvalue weighted by atomic mass is 9.84. The Kier molecular flexibility index (Phi) is 8.43. The van der Waals surface area contributed by atoms with E-state index in [-0.39, 0.29) is 29.8 Å². The van der Waals surface area contributed by atoms with Gasteiger partial charge in [0.1, 0.15) is 5.84 Å². The van der Waals surface area contributed by atoms with Crippen molar-refractivity contribution in [3.63, 3.8) is 0 Å². The SMILES string of the molecule is Cc1ccc(C(=O)N=C2Cc3ccc(CN4CCC(C)(O)CC4)cc3N2C2CCC(C(=O)NC(C)C)CC2)cc1. The number of carbonyl (C=O) groups is 2. The van der Waals surface area contributed by atoms with Crippen molar-refractivity contribution in [3.05, 3.63) is 64.7 Å². The maximum Gasteiger partial charge on any atom is 0.278 e. The first-order chi connectivity index (χ1) is 19.1. The van der Waals surface area contributed by atoms with Crippen LogP contribution in [0.1, 0.15) is 86.3 Å². The van der Waals surface area contributed by atoms with Gasteiger partial charge in [0.05, 0.1) is 5.60 Å². The van der Waals surface area contributed by atoms with Crippen LogP contribution in [0.25, 0.3) is 0 Å². The van der Waals surface area contributed by atoms with Crippen molar-refractivity contribution in [1.82, 2.24) is 10.2 Å². The number of hydrogen-bond donors (Lipinski definition) is 2. The Labute approximate surface area is 238 Å². The van der Waals surface area contributed by atoms with Gasteiger partial charge in [-0.3, -0.25) is 14.5 Å². The Morgan fingerprint density at radius 2 is 1.73 bits per heavy atom. The molecule has 2 heterocycles. The number of likely N-dealkylation sites (tertiary alicyclic amines) is 1. The average molecular weight is 545 g/mol. The second-order valence-corrected chi connectivity index (χ2v) is 12.7. The van der Waals surface area contributed by atoms with E-state index in [1.54, 1.807) is 0 Å². The molecule has 2 amide bonds. The van der Waals surface area contributed by atoms with Crippen LogP contribution < -0.4 is 10.2 Å². The summed E-state index contributed by atoms with van der Waals surface area (Å²) in [5.74, 6) is 0.791. The van der Waals surface area contributed by atoms with Crippen molar-refractivity contribution < 1.29 is 14.7 Å². The van der Waals surface area contributed by atoms with Crippen LogP contribution in [0, 0.1) is 12.8 Å². The van der Waals surface area contributed by atoms with Gasteiger partial charge >= 0.3 is 0 Å². The first-order valence-corrected chi connectivity index (χ1v) is 14.9. The molecule has 2 aromatic rings. The predicted molar refractivity (Wildman–Crippen MR) is 160 cm³/mol. The second kappa shape index (κ2) is 11.8. The molecule has 0 atom stereocenters. The van der Waals surface area contributed by atoms with E-state index in [0.717, 1.165) is 75.2 Å². The highest BCUT2D eigenvalue weighted by molar-refractivity contribution is 6.12. The van der Waals surface area contributed by atoms with E-state index in [1.165, 1.54) is 11.1 Å². The summed E-state index contributed by atoms with van der Waals surface area (Å²) in [6.45, 7) is 10.6. The summed E-state index contributed by atoms with van der Waals surface area (Å²) in [4.78, 5) is 35.3. The summed E-state index contributed by atoms with van der Waals surface area (Å²) in [5, 5.41) is 13.4. The van der Waals surface area contributed by atoms with Crippen molar-refractivity contribution in [1.29, 1.82) is 0 Å². The minimum atomic E-state index is -0.564. The summed E-state index contributed by atoms with van der Waals surface area (Å²) in [7, 11) is 0. The third-order valence-electron chi connectivity index (χ3n) is 8.77. The quantitative estimate of drug-likeness (QED) is 0.533. The van der Waals surface area contributed by atoms with Gasteiger partial charge in [-0.05, 0) is 95.5 Å². The fraction of sp³-hybridized carbons (Fsp3) is 0.545. The number of nitrogens with one attached hydrogen (secondary N) is 1. The molecule has 1 aliphatic carbocycles. The predicted octanol–water partition coefficient (Wildman–Crippen LogP) is 5.03. The second-order valence-electron chi connectivity index (χ2n) is 12.7. The molecule has 1 saturated heterocycles. The first kappa shape index (κ1) is 28.5. The van der Waals surface area contributed by atoms with Crippen LogP contribution in [0.3, 0.4) is 0 Å². The van der Waals surface area contributed by atoms with Crippen LogP contribution in [-0.2, 0) is 17.8 Å². The molecule has 2 N–H and O–H groups in total. The van der Waals surface area contributed by atoms with E-state index in [9.17, 15) is 14.7 Å². The molecular formula is C33H44N4O3. The minimum Gasteiger partial charge on any atom is -0.390 e. The number of hydrogen-bond acceptors (Lipinski definition) is 4. The smallest absolute Gasteiger partial charge is 0.278 e. The van der Waals surface area contributed by atoms with Gasteiger partial charge in [0.15, 0.2) is 0 Å². The van der Waals surface area contributed by atoms with Crippen molar-refractivity contribution in [2.24, 2.45) is 10.9 Å². The molecule has 0 radical (unpaired) electrons. The summed E-state index contributed by atoms with van der Waals surface area (Å²) >= 11 is 0. The summed E-state index contributed by atoms with van der Waals surface area (Å²) in [6, 6.07) is 14.6. The zero-order valence-electron chi connectivity index (χ0n) is 24.4. The van der Waals surface area contributed by atoms with Gasteiger partial charge in [-0.25, -0.2) is 0 Å². The number of amidine groups is 1. The lowest BCUT2D eigenvalue weighted by Gasteiger charge is -2.37. The molecule has 214 valence electrons. The van der Waals surface area contributed by atoms with Crippen molar-refractivity contribution in [2.45, 2.75) is 96.9 Å². The molecule has 0 bridgehead atoms. The fourth-order valence-electron chi connectivity index (χ4n) is 6.30. The molecule has 5 rings (SSSR count). The Balaban J connectivity index is 1.38. The van der Waals surface area contributed by atoms with Gasteiger partial charge in [0, 0.05) is 55.3 Å². The fourth-order valence-corrected chi connectivity index (χ4v) is 6.30. The van der Waals surface area contributed by atoms with Crippen molar-refractivity contribution >= 4 is 23.3 Å². The van der Waals surface area contributed by atoms with E-state index in [1.807, 2.05) is 52.0 Å². The van der Waals surface area contributed by atoms with Gasteiger partial charge in [-0.1, -0.05) is 29.8 Å². The number of aryl methyl sites for hydroxylation is 1. The van der Waals surface area contributed by atoms with Gasteiger partial charge in [0.25, 0.3) is 5.91 Å². The van der Waals surface area contributed by atoms with Gasteiger partial charge in [0.2, 0.25) is 5.91 Å². The van der Waals surface area contributed by atoms with Gasteiger partial charge < -0.3 is 15.3 Å². The highest BCUT2D eigenvalue weighted by Crippen LogP contribution is 2.38. The molecule has 0 unspecified atom stereocenters. The number of aliphatic hydroxyl groups is 1. The van der Waals surface area contributed by atoms with Crippen LogP contribution in [0.2, 0.25) is 0 Å². The molecule has 2 aromatic carbocycles. The molecule has 40 heavy (non-hydrogen) atoms. The number of benzene rings is 2. The molecule has 7 heteroatoms. The van der Waals surface area contributed by atoms with E-state index in [0.29, 0.717) is 12.0 Å². The van der Waals surface area contributed by atoms with E-state index < -0.39 is 5.60 Å². The number of rotatable bonds is 6. The number of anilines is 1. The first-order valence-electron chi connectivity index (χ1n) is 14.9. The van der Waals surface area contributed by atoms with E-state index >= 15 is 0 Å². The molecule has 1 saturated carbocycles. The van der Waals surface area contributed by atoms with Crippen LogP contribution in [0.5, 0.6) is 0 Å². The largest absolute Gasteiger partial charge is 0.390 e. The Bertz CT molecular complexity index is 1250. The summed E-state index contributed by atoms with van der Waals surface area (Å²) < 4.78 is 0. The Hall–Kier alpha value is -3.03. The normalized spacial score (nSPS) is 23.9. The van der Waals surface area contributed by atoms with Crippen LogP contribution in [-0.4, -0.2) is 58.4 Å². The third kappa shape index (κ3) is 6.64. The third-order valence-corrected chi connectivity index (χ3v) is 8.77. The molecule has 7 nitrogen and oxygen atoms in total. The molecular weight excluding hydrogens is 500 g/mol. The Morgan fingerprint density at radius 1 is 1.05 bits per heavy atom. The number of amides is 2. The molecule has 0 aromatic heterocycles. The lowest BCUT2D eigenvalue weighted by molar-refractivity contribution is -0.126. The number of carbonyl (C=O) groups excluding carboxylic acids is 2. The average Bonchev–Trinajstić information content (AvgIpc) is 3.27. The number of fused-ring (bicyclic) bond motifs is 1.